The van der Waals surface area contributed by atoms with Gasteiger partial charge >= 0.3 is 6.03 Å². The van der Waals surface area contributed by atoms with Crippen LogP contribution in [0.3, 0.4) is 0 Å². The number of hydrogen-bond donors (Lipinski definition) is 2. The molecular weight excluding hydrogens is 262 g/mol. The number of likely N-dealkylation sites (tertiary alicyclic amines) is 1. The van der Waals surface area contributed by atoms with E-state index in [1.807, 2.05) is 19.1 Å². The molecule has 0 atom stereocenters. The summed E-state index contributed by atoms with van der Waals surface area (Å²) in [7, 11) is 0. The van der Waals surface area contributed by atoms with Crippen molar-refractivity contribution in [2.24, 2.45) is 0 Å². The lowest BCUT2D eigenvalue weighted by Crippen LogP contribution is -2.36. The van der Waals surface area contributed by atoms with E-state index >= 15 is 0 Å². The molecule has 1 fully saturated rings. The molecule has 0 radical (unpaired) electrons. The molecule has 0 unspecified atom stereocenters. The maximum atomic E-state index is 11.8. The molecule has 2 rings (SSSR count). The molecule has 1 aliphatic heterocycles. The van der Waals surface area contributed by atoms with Crippen LogP contribution in [0.2, 0.25) is 5.02 Å². The van der Waals surface area contributed by atoms with Gasteiger partial charge in [-0.15, -0.1) is 0 Å². The summed E-state index contributed by atoms with van der Waals surface area (Å²) in [5.74, 6) is 0. The predicted molar refractivity (Wildman–Crippen MR) is 78.9 cm³/mol. The van der Waals surface area contributed by atoms with Crippen LogP contribution in [-0.2, 0) is 0 Å². The van der Waals surface area contributed by atoms with Gasteiger partial charge in [-0.05, 0) is 44.5 Å². The number of rotatable bonds is 4. The number of anilines is 1. The average Bonchev–Trinajstić information content (AvgIpc) is 2.87. The third-order valence-corrected chi connectivity index (χ3v) is 3.69. The predicted octanol–water partition coefficient (Wildman–Crippen LogP) is 2.87. The summed E-state index contributed by atoms with van der Waals surface area (Å²) in [6, 6.07) is 5.37. The Morgan fingerprint density at radius 3 is 2.79 bits per heavy atom. The highest BCUT2D eigenvalue weighted by atomic mass is 35.5. The van der Waals surface area contributed by atoms with Crippen molar-refractivity contribution in [2.75, 3.05) is 31.5 Å². The van der Waals surface area contributed by atoms with Crippen molar-refractivity contribution < 1.29 is 4.79 Å². The highest BCUT2D eigenvalue weighted by Crippen LogP contribution is 2.24. The third kappa shape index (κ3) is 4.11. The first-order valence-corrected chi connectivity index (χ1v) is 7.07. The molecule has 1 aromatic carbocycles. The van der Waals surface area contributed by atoms with E-state index in [0.29, 0.717) is 17.3 Å². The second-order valence-electron chi connectivity index (χ2n) is 4.86. The molecule has 0 aromatic heterocycles. The van der Waals surface area contributed by atoms with Gasteiger partial charge in [0, 0.05) is 13.1 Å². The summed E-state index contributed by atoms with van der Waals surface area (Å²) in [6.45, 7) is 5.79. The lowest BCUT2D eigenvalue weighted by molar-refractivity contribution is 0.249. The van der Waals surface area contributed by atoms with Crippen molar-refractivity contribution >= 4 is 23.3 Å². The minimum absolute atomic E-state index is 0.199. The van der Waals surface area contributed by atoms with Crippen LogP contribution in [0.25, 0.3) is 0 Å². The Hall–Kier alpha value is -1.26. The minimum atomic E-state index is -0.199. The number of halogens is 1. The molecule has 4 nitrogen and oxygen atoms in total. The van der Waals surface area contributed by atoms with Gasteiger partial charge in [0.2, 0.25) is 0 Å². The quantitative estimate of drug-likeness (QED) is 0.891. The Labute approximate surface area is 119 Å². The van der Waals surface area contributed by atoms with Crippen molar-refractivity contribution in [3.05, 3.63) is 28.8 Å². The van der Waals surface area contributed by atoms with Gasteiger partial charge in [0.25, 0.3) is 0 Å². The Bertz CT molecular complexity index is 424. The van der Waals surface area contributed by atoms with Crippen LogP contribution in [-0.4, -0.2) is 37.1 Å². The molecule has 0 saturated carbocycles. The van der Waals surface area contributed by atoms with Crippen LogP contribution in [0, 0.1) is 6.92 Å². The van der Waals surface area contributed by atoms with E-state index in [2.05, 4.69) is 15.5 Å². The van der Waals surface area contributed by atoms with Crippen LogP contribution in [0.4, 0.5) is 10.5 Å². The van der Waals surface area contributed by atoms with E-state index in [1.165, 1.54) is 12.8 Å². The molecule has 1 aromatic rings. The number of aryl methyl sites for hydroxylation is 1. The second kappa shape index (κ2) is 6.78. The highest BCUT2D eigenvalue weighted by molar-refractivity contribution is 6.33. The summed E-state index contributed by atoms with van der Waals surface area (Å²) in [5.41, 5.74) is 1.64. The zero-order valence-electron chi connectivity index (χ0n) is 11.2. The molecule has 2 N–H and O–H groups in total. The van der Waals surface area contributed by atoms with Crippen LogP contribution in [0.5, 0.6) is 0 Å². The zero-order valence-corrected chi connectivity index (χ0v) is 12.0. The summed E-state index contributed by atoms with van der Waals surface area (Å²) >= 11 is 6.06. The number of carbonyl (C=O) groups excluding carboxylic acids is 1. The Morgan fingerprint density at radius 1 is 1.37 bits per heavy atom. The third-order valence-electron chi connectivity index (χ3n) is 3.37. The summed E-state index contributed by atoms with van der Waals surface area (Å²) in [4.78, 5) is 14.2. The molecule has 1 heterocycles. The fraction of sp³-hybridized carbons (Fsp3) is 0.500. The number of para-hydroxylation sites is 1. The first kappa shape index (κ1) is 14.2. The topological polar surface area (TPSA) is 44.4 Å². The van der Waals surface area contributed by atoms with Gasteiger partial charge in [0.05, 0.1) is 10.7 Å². The van der Waals surface area contributed by atoms with Gasteiger partial charge in [-0.2, -0.15) is 0 Å². The number of urea groups is 1. The maximum Gasteiger partial charge on any atom is 0.319 e. The molecule has 19 heavy (non-hydrogen) atoms. The van der Waals surface area contributed by atoms with Gasteiger partial charge in [-0.1, -0.05) is 23.7 Å². The average molecular weight is 282 g/mol. The fourth-order valence-electron chi connectivity index (χ4n) is 2.28. The van der Waals surface area contributed by atoms with E-state index < -0.39 is 0 Å². The molecule has 2 amide bonds. The minimum Gasteiger partial charge on any atom is -0.337 e. The van der Waals surface area contributed by atoms with Crippen molar-refractivity contribution in [3.63, 3.8) is 0 Å². The number of nitrogens with one attached hydrogen (secondary N) is 2. The Morgan fingerprint density at radius 2 is 2.11 bits per heavy atom. The van der Waals surface area contributed by atoms with Crippen molar-refractivity contribution in [1.29, 1.82) is 0 Å². The normalized spacial score (nSPS) is 15.5. The van der Waals surface area contributed by atoms with Gasteiger partial charge in [-0.25, -0.2) is 4.79 Å². The maximum absolute atomic E-state index is 11.8. The standard InChI is InChI=1S/C14H20ClN3O/c1-11-5-4-6-12(15)13(11)17-14(19)16-7-10-18-8-2-3-9-18/h4-6H,2-3,7-10H2,1H3,(H2,16,17,19). The first-order chi connectivity index (χ1) is 9.16. The summed E-state index contributed by atoms with van der Waals surface area (Å²) in [6.07, 6.45) is 2.54. The van der Waals surface area contributed by atoms with E-state index in [9.17, 15) is 4.79 Å². The van der Waals surface area contributed by atoms with Gasteiger partial charge < -0.3 is 15.5 Å². The SMILES string of the molecule is Cc1cccc(Cl)c1NC(=O)NCCN1CCCC1. The van der Waals surface area contributed by atoms with E-state index in [0.717, 1.165) is 25.2 Å². The van der Waals surface area contributed by atoms with Crippen LogP contribution < -0.4 is 10.6 Å². The molecule has 1 saturated heterocycles. The second-order valence-corrected chi connectivity index (χ2v) is 5.27. The van der Waals surface area contributed by atoms with Gasteiger partial charge in [-0.3, -0.25) is 0 Å². The molecule has 0 spiro atoms. The molecule has 1 aliphatic rings. The Kier molecular flexibility index (Phi) is 5.05. The monoisotopic (exact) mass is 281 g/mol. The lowest BCUT2D eigenvalue weighted by Gasteiger charge is -2.15. The van der Waals surface area contributed by atoms with Crippen molar-refractivity contribution in [2.45, 2.75) is 19.8 Å². The smallest absolute Gasteiger partial charge is 0.319 e. The van der Waals surface area contributed by atoms with Crippen LogP contribution in [0.1, 0.15) is 18.4 Å². The lowest BCUT2D eigenvalue weighted by atomic mass is 10.2. The van der Waals surface area contributed by atoms with Crippen LogP contribution in [0.15, 0.2) is 18.2 Å². The molecular formula is C14H20ClN3O. The molecule has 104 valence electrons. The number of carbonyl (C=O) groups is 1. The van der Waals surface area contributed by atoms with Crippen molar-refractivity contribution in [1.82, 2.24) is 10.2 Å². The summed E-state index contributed by atoms with van der Waals surface area (Å²) in [5, 5.41) is 6.23. The summed E-state index contributed by atoms with van der Waals surface area (Å²) < 4.78 is 0. The molecule has 5 heteroatoms. The number of benzene rings is 1. The zero-order chi connectivity index (χ0) is 13.7. The fourth-order valence-corrected chi connectivity index (χ4v) is 2.55. The van der Waals surface area contributed by atoms with Crippen molar-refractivity contribution in [3.8, 4) is 0 Å². The van der Waals surface area contributed by atoms with Gasteiger partial charge in [0.15, 0.2) is 0 Å². The van der Waals surface area contributed by atoms with E-state index in [-0.39, 0.29) is 6.03 Å². The first-order valence-electron chi connectivity index (χ1n) is 6.69. The Balaban J connectivity index is 1.77. The molecule has 0 bridgehead atoms. The highest BCUT2D eigenvalue weighted by Gasteiger charge is 2.12. The molecule has 0 aliphatic carbocycles. The van der Waals surface area contributed by atoms with Gasteiger partial charge in [0.1, 0.15) is 0 Å². The number of amides is 2. The van der Waals surface area contributed by atoms with E-state index in [4.69, 9.17) is 11.6 Å². The van der Waals surface area contributed by atoms with E-state index in [1.54, 1.807) is 6.07 Å². The van der Waals surface area contributed by atoms with Crippen LogP contribution >= 0.6 is 11.6 Å². The largest absolute Gasteiger partial charge is 0.337 e. The number of nitrogens with zero attached hydrogens (tertiary/aromatic N) is 1. The number of hydrogen-bond acceptors (Lipinski definition) is 2.